The zero-order valence-corrected chi connectivity index (χ0v) is 11.3. The van der Waals surface area contributed by atoms with E-state index in [2.05, 4.69) is 25.2 Å². The first-order valence-electron chi connectivity index (χ1n) is 6.20. The second kappa shape index (κ2) is 6.50. The van der Waals surface area contributed by atoms with Crippen LogP contribution in [0.4, 0.5) is 5.69 Å². The number of methoxy groups -OCH3 is 1. The zero-order valence-electron chi connectivity index (χ0n) is 11.3. The molecule has 3 nitrogen and oxygen atoms in total. The Bertz CT molecular complexity index is 361. The number of hydrogen-bond donors (Lipinski definition) is 2. The lowest BCUT2D eigenvalue weighted by molar-refractivity contribution is 0.411. The fourth-order valence-electron chi connectivity index (χ4n) is 1.86. The normalized spacial score (nSPS) is 12.3. The molecular formula is C14H24N2O. The summed E-state index contributed by atoms with van der Waals surface area (Å²) in [5, 5.41) is 3.45. The van der Waals surface area contributed by atoms with Crippen LogP contribution in [0.25, 0.3) is 0 Å². The summed E-state index contributed by atoms with van der Waals surface area (Å²) in [5.74, 6) is 0.948. The highest BCUT2D eigenvalue weighted by Crippen LogP contribution is 2.27. The molecule has 3 heteroatoms. The van der Waals surface area contributed by atoms with Crippen LogP contribution in [-0.2, 0) is 0 Å². The lowest BCUT2D eigenvalue weighted by atomic mass is 10.1. The lowest BCUT2D eigenvalue weighted by Gasteiger charge is -2.14. The van der Waals surface area contributed by atoms with Crippen LogP contribution < -0.4 is 15.8 Å². The van der Waals surface area contributed by atoms with Crippen molar-refractivity contribution in [3.8, 4) is 5.75 Å². The molecule has 0 heterocycles. The van der Waals surface area contributed by atoms with E-state index < -0.39 is 0 Å². The Morgan fingerprint density at radius 2 is 2.00 bits per heavy atom. The minimum atomic E-state index is 0.288. The van der Waals surface area contributed by atoms with E-state index in [1.165, 1.54) is 16.8 Å². The van der Waals surface area contributed by atoms with Gasteiger partial charge in [0, 0.05) is 18.3 Å². The van der Waals surface area contributed by atoms with E-state index in [4.69, 9.17) is 10.5 Å². The molecule has 96 valence electrons. The molecule has 0 spiro atoms. The maximum atomic E-state index is 5.72. The quantitative estimate of drug-likeness (QED) is 0.747. The van der Waals surface area contributed by atoms with Gasteiger partial charge in [-0.2, -0.15) is 0 Å². The summed E-state index contributed by atoms with van der Waals surface area (Å²) < 4.78 is 5.29. The number of nitrogens with two attached hydrogens (primary N) is 1. The first-order chi connectivity index (χ1) is 8.06. The van der Waals surface area contributed by atoms with Crippen molar-refractivity contribution in [3.63, 3.8) is 0 Å². The number of rotatable bonds is 6. The topological polar surface area (TPSA) is 47.3 Å². The Labute approximate surface area is 104 Å². The molecule has 0 saturated carbocycles. The summed E-state index contributed by atoms with van der Waals surface area (Å²) in [6, 6.07) is 4.37. The number of anilines is 1. The molecule has 1 atom stereocenters. The lowest BCUT2D eigenvalue weighted by Crippen LogP contribution is -2.16. The zero-order chi connectivity index (χ0) is 12.8. The molecule has 0 amide bonds. The number of benzene rings is 1. The third kappa shape index (κ3) is 3.93. The standard InChI is InChI=1S/C14H24N2O/c1-10(15)6-5-9-16-13-7-8-14(17-4)12(3)11(13)2/h7-8,10,16H,5-6,9,15H2,1-4H3. The van der Waals surface area contributed by atoms with E-state index in [9.17, 15) is 0 Å². The smallest absolute Gasteiger partial charge is 0.122 e. The average Bonchev–Trinajstić information content (AvgIpc) is 2.29. The van der Waals surface area contributed by atoms with Gasteiger partial charge in [-0.25, -0.2) is 0 Å². The number of ether oxygens (including phenoxy) is 1. The summed E-state index contributed by atoms with van der Waals surface area (Å²) in [5.41, 5.74) is 9.36. The molecule has 0 saturated heterocycles. The molecule has 1 rings (SSSR count). The van der Waals surface area contributed by atoms with Crippen molar-refractivity contribution >= 4 is 5.69 Å². The Kier molecular flexibility index (Phi) is 5.29. The van der Waals surface area contributed by atoms with Gasteiger partial charge in [0.25, 0.3) is 0 Å². The van der Waals surface area contributed by atoms with Crippen LogP contribution in [0.3, 0.4) is 0 Å². The number of hydrogen-bond acceptors (Lipinski definition) is 3. The molecule has 1 aromatic carbocycles. The largest absolute Gasteiger partial charge is 0.496 e. The van der Waals surface area contributed by atoms with Gasteiger partial charge in [-0.1, -0.05) is 0 Å². The van der Waals surface area contributed by atoms with Gasteiger partial charge in [0.05, 0.1) is 7.11 Å². The van der Waals surface area contributed by atoms with Gasteiger partial charge in [0.15, 0.2) is 0 Å². The van der Waals surface area contributed by atoms with Crippen LogP contribution in [-0.4, -0.2) is 19.7 Å². The molecule has 3 N–H and O–H groups in total. The summed E-state index contributed by atoms with van der Waals surface area (Å²) in [7, 11) is 1.71. The molecule has 1 aromatic rings. The maximum Gasteiger partial charge on any atom is 0.122 e. The third-order valence-electron chi connectivity index (χ3n) is 3.11. The van der Waals surface area contributed by atoms with Crippen molar-refractivity contribution in [2.45, 2.75) is 39.7 Å². The predicted molar refractivity (Wildman–Crippen MR) is 73.8 cm³/mol. The molecule has 0 aliphatic heterocycles. The molecule has 0 radical (unpaired) electrons. The van der Waals surface area contributed by atoms with Crippen molar-refractivity contribution in [2.24, 2.45) is 5.73 Å². The monoisotopic (exact) mass is 236 g/mol. The van der Waals surface area contributed by atoms with Crippen LogP contribution in [0.5, 0.6) is 5.75 Å². The van der Waals surface area contributed by atoms with Crippen LogP contribution in [0.1, 0.15) is 30.9 Å². The molecule has 0 bridgehead atoms. The van der Waals surface area contributed by atoms with Gasteiger partial charge in [0.2, 0.25) is 0 Å². The van der Waals surface area contributed by atoms with Crippen molar-refractivity contribution in [2.75, 3.05) is 19.0 Å². The molecule has 17 heavy (non-hydrogen) atoms. The van der Waals surface area contributed by atoms with Gasteiger partial charge in [-0.05, 0) is 56.9 Å². The van der Waals surface area contributed by atoms with Crippen molar-refractivity contribution in [3.05, 3.63) is 23.3 Å². The minimum Gasteiger partial charge on any atom is -0.496 e. The summed E-state index contributed by atoms with van der Waals surface area (Å²) >= 11 is 0. The van der Waals surface area contributed by atoms with Gasteiger partial charge < -0.3 is 15.8 Å². The highest BCUT2D eigenvalue weighted by atomic mass is 16.5. The minimum absolute atomic E-state index is 0.288. The van der Waals surface area contributed by atoms with E-state index in [0.717, 1.165) is 25.1 Å². The number of nitrogens with one attached hydrogen (secondary N) is 1. The van der Waals surface area contributed by atoms with E-state index >= 15 is 0 Å². The fourth-order valence-corrected chi connectivity index (χ4v) is 1.86. The molecule has 0 fully saturated rings. The van der Waals surface area contributed by atoms with Crippen LogP contribution in [0, 0.1) is 13.8 Å². The molecular weight excluding hydrogens is 212 g/mol. The van der Waals surface area contributed by atoms with Gasteiger partial charge in [-0.15, -0.1) is 0 Å². The SMILES string of the molecule is COc1ccc(NCCCC(C)N)c(C)c1C. The predicted octanol–water partition coefficient (Wildman–Crippen LogP) is 2.85. The van der Waals surface area contributed by atoms with Gasteiger partial charge in [-0.3, -0.25) is 0 Å². The van der Waals surface area contributed by atoms with Crippen LogP contribution in [0.15, 0.2) is 12.1 Å². The van der Waals surface area contributed by atoms with Gasteiger partial charge in [0.1, 0.15) is 5.75 Å². The van der Waals surface area contributed by atoms with E-state index in [1.54, 1.807) is 7.11 Å². The third-order valence-corrected chi connectivity index (χ3v) is 3.11. The van der Waals surface area contributed by atoms with E-state index in [0.29, 0.717) is 0 Å². The molecule has 0 aromatic heterocycles. The molecule has 0 aliphatic carbocycles. The second-order valence-corrected chi connectivity index (χ2v) is 4.61. The van der Waals surface area contributed by atoms with E-state index in [-0.39, 0.29) is 6.04 Å². The first-order valence-corrected chi connectivity index (χ1v) is 6.20. The van der Waals surface area contributed by atoms with Crippen LogP contribution >= 0.6 is 0 Å². The Morgan fingerprint density at radius 1 is 1.29 bits per heavy atom. The maximum absolute atomic E-state index is 5.72. The Morgan fingerprint density at radius 3 is 2.59 bits per heavy atom. The Balaban J connectivity index is 2.57. The highest BCUT2D eigenvalue weighted by molar-refractivity contribution is 5.58. The summed E-state index contributed by atoms with van der Waals surface area (Å²) in [6.07, 6.45) is 2.16. The summed E-state index contributed by atoms with van der Waals surface area (Å²) in [4.78, 5) is 0. The van der Waals surface area contributed by atoms with Crippen molar-refractivity contribution < 1.29 is 4.74 Å². The van der Waals surface area contributed by atoms with E-state index in [1.807, 2.05) is 13.0 Å². The van der Waals surface area contributed by atoms with Gasteiger partial charge >= 0.3 is 0 Å². The fraction of sp³-hybridized carbons (Fsp3) is 0.571. The average molecular weight is 236 g/mol. The highest BCUT2D eigenvalue weighted by Gasteiger charge is 2.05. The van der Waals surface area contributed by atoms with Crippen molar-refractivity contribution in [1.82, 2.24) is 0 Å². The van der Waals surface area contributed by atoms with Crippen molar-refractivity contribution in [1.29, 1.82) is 0 Å². The Hall–Kier alpha value is -1.22. The van der Waals surface area contributed by atoms with Crippen LogP contribution in [0.2, 0.25) is 0 Å². The molecule has 0 aliphatic rings. The summed E-state index contributed by atoms with van der Waals surface area (Å²) in [6.45, 7) is 7.21. The second-order valence-electron chi connectivity index (χ2n) is 4.61. The molecule has 1 unspecified atom stereocenters. The first kappa shape index (κ1) is 13.8.